The molecule has 0 spiro atoms. The molecule has 0 heterocycles. The van der Waals surface area contributed by atoms with E-state index in [1.807, 2.05) is 0 Å². The lowest BCUT2D eigenvalue weighted by atomic mass is 10.0. The van der Waals surface area contributed by atoms with Gasteiger partial charge in [-0.3, -0.25) is 14.4 Å². The fourth-order valence-corrected chi connectivity index (χ4v) is 9.09. The molecule has 6 nitrogen and oxygen atoms in total. The van der Waals surface area contributed by atoms with Crippen LogP contribution in [0.25, 0.3) is 0 Å². The highest BCUT2D eigenvalue weighted by atomic mass is 16.6. The Balaban J connectivity index is 4.37. The Morgan fingerprint density at radius 1 is 0.282 bits per heavy atom. The van der Waals surface area contributed by atoms with Crippen molar-refractivity contribution in [3.8, 4) is 0 Å². The third-order valence-corrected chi connectivity index (χ3v) is 13.8. The third kappa shape index (κ3) is 58.1. The molecular weight excluding hydrogens is 877 g/mol. The Morgan fingerprint density at radius 3 is 0.803 bits per heavy atom. The van der Waals surface area contributed by atoms with Crippen molar-refractivity contribution >= 4 is 17.9 Å². The Kier molecular flexibility index (Phi) is 57.7. The summed E-state index contributed by atoms with van der Waals surface area (Å²) in [5, 5.41) is 0. The Labute approximate surface area is 441 Å². The average Bonchev–Trinajstić information content (AvgIpc) is 3.37. The van der Waals surface area contributed by atoms with E-state index in [-0.39, 0.29) is 31.1 Å². The minimum atomic E-state index is -0.781. The van der Waals surface area contributed by atoms with Crippen LogP contribution >= 0.6 is 0 Å². The molecule has 0 bridgehead atoms. The van der Waals surface area contributed by atoms with Gasteiger partial charge in [0, 0.05) is 19.3 Å². The molecule has 0 rings (SSSR count). The van der Waals surface area contributed by atoms with Gasteiger partial charge in [0.05, 0.1) is 0 Å². The van der Waals surface area contributed by atoms with Crippen molar-refractivity contribution in [2.24, 2.45) is 0 Å². The first-order chi connectivity index (χ1) is 35.0. The van der Waals surface area contributed by atoms with E-state index in [0.29, 0.717) is 19.3 Å². The molecule has 71 heavy (non-hydrogen) atoms. The number of allylic oxidation sites excluding steroid dienone is 8. The van der Waals surface area contributed by atoms with E-state index in [4.69, 9.17) is 14.2 Å². The summed E-state index contributed by atoms with van der Waals surface area (Å²) < 4.78 is 16.9. The van der Waals surface area contributed by atoms with E-state index >= 15 is 0 Å². The molecule has 0 saturated heterocycles. The molecule has 0 fully saturated rings. The van der Waals surface area contributed by atoms with E-state index < -0.39 is 6.10 Å². The van der Waals surface area contributed by atoms with Gasteiger partial charge in [-0.2, -0.15) is 0 Å². The topological polar surface area (TPSA) is 78.9 Å². The normalized spacial score (nSPS) is 12.3. The molecule has 0 aliphatic carbocycles. The number of unbranched alkanes of at least 4 members (excludes halogenated alkanes) is 38. The van der Waals surface area contributed by atoms with Crippen LogP contribution < -0.4 is 0 Å². The van der Waals surface area contributed by atoms with Gasteiger partial charge in [-0.25, -0.2) is 0 Å². The number of carbonyl (C=O) groups is 3. The highest BCUT2D eigenvalue weighted by Gasteiger charge is 2.19. The first-order valence-electron chi connectivity index (χ1n) is 31.1. The van der Waals surface area contributed by atoms with Crippen LogP contribution in [-0.2, 0) is 28.6 Å². The molecule has 0 aromatic rings. The monoisotopic (exact) mass is 995 g/mol. The quantitative estimate of drug-likeness (QED) is 0.0261. The summed E-state index contributed by atoms with van der Waals surface area (Å²) in [6.07, 6.45) is 73.9. The largest absolute Gasteiger partial charge is 0.462 e. The number of ether oxygens (including phenoxy) is 3. The molecule has 0 amide bonds. The third-order valence-electron chi connectivity index (χ3n) is 13.8. The van der Waals surface area contributed by atoms with E-state index in [9.17, 15) is 14.4 Å². The second-order valence-corrected chi connectivity index (χ2v) is 21.0. The van der Waals surface area contributed by atoms with Crippen LogP contribution in [0.5, 0.6) is 0 Å². The van der Waals surface area contributed by atoms with Crippen molar-refractivity contribution in [3.63, 3.8) is 0 Å². The summed E-state index contributed by atoms with van der Waals surface area (Å²) in [6, 6.07) is 0. The summed E-state index contributed by atoms with van der Waals surface area (Å²) in [4.78, 5) is 38.3. The maximum absolute atomic E-state index is 12.9. The molecule has 0 N–H and O–H groups in total. The number of hydrogen-bond donors (Lipinski definition) is 0. The van der Waals surface area contributed by atoms with Crippen molar-refractivity contribution in [2.75, 3.05) is 13.2 Å². The van der Waals surface area contributed by atoms with Crippen molar-refractivity contribution in [2.45, 2.75) is 335 Å². The number of esters is 3. The zero-order valence-corrected chi connectivity index (χ0v) is 47.5. The molecule has 0 aromatic carbocycles. The molecule has 1 atom stereocenters. The van der Waals surface area contributed by atoms with Crippen molar-refractivity contribution in [1.29, 1.82) is 0 Å². The molecule has 0 aliphatic rings. The Hall–Kier alpha value is -2.63. The van der Waals surface area contributed by atoms with Gasteiger partial charge in [0.2, 0.25) is 0 Å². The molecule has 1 unspecified atom stereocenters. The van der Waals surface area contributed by atoms with E-state index in [1.165, 1.54) is 205 Å². The lowest BCUT2D eigenvalue weighted by molar-refractivity contribution is -0.167. The first-order valence-corrected chi connectivity index (χ1v) is 31.1. The highest BCUT2D eigenvalue weighted by Crippen LogP contribution is 2.16. The SMILES string of the molecule is CCCCCCC/C=C\C/C=C\C/C=C\CCCCCCCCC(=O)OCC(COC(=O)CCCCCCCCCCCCCCCCCC)OC(=O)CCCCCCC/C=C\CCCCCCCCC. The summed E-state index contributed by atoms with van der Waals surface area (Å²) >= 11 is 0. The lowest BCUT2D eigenvalue weighted by Crippen LogP contribution is -2.30. The van der Waals surface area contributed by atoms with Crippen LogP contribution in [0.2, 0.25) is 0 Å². The van der Waals surface area contributed by atoms with Crippen LogP contribution in [0.4, 0.5) is 0 Å². The van der Waals surface area contributed by atoms with Crippen molar-refractivity contribution in [3.05, 3.63) is 48.6 Å². The summed E-state index contributed by atoms with van der Waals surface area (Å²) in [6.45, 7) is 6.66. The fraction of sp³-hybridized carbons (Fsp3) is 0.831. The van der Waals surface area contributed by atoms with Gasteiger partial charge in [-0.15, -0.1) is 0 Å². The van der Waals surface area contributed by atoms with Gasteiger partial charge in [-0.05, 0) is 83.5 Å². The lowest BCUT2D eigenvalue weighted by Gasteiger charge is -2.18. The van der Waals surface area contributed by atoms with Gasteiger partial charge < -0.3 is 14.2 Å². The van der Waals surface area contributed by atoms with Crippen molar-refractivity contribution in [1.82, 2.24) is 0 Å². The van der Waals surface area contributed by atoms with Gasteiger partial charge in [0.1, 0.15) is 13.2 Å². The molecule has 6 heteroatoms. The minimum Gasteiger partial charge on any atom is -0.462 e. The molecule has 0 radical (unpaired) electrons. The molecule has 414 valence electrons. The molecule has 0 aromatic heterocycles. The second-order valence-electron chi connectivity index (χ2n) is 21.0. The highest BCUT2D eigenvalue weighted by molar-refractivity contribution is 5.71. The molecular formula is C65H118O6. The standard InChI is InChI=1S/C65H118O6/c1-4-7-10-13-16-19-22-25-28-31-32-33-34-35-38-40-43-46-49-52-55-58-64(67)70-61-62(71-65(68)59-56-53-50-47-44-41-37-30-27-24-21-18-15-12-9-6-3)60-69-63(66)57-54-51-48-45-42-39-36-29-26-23-20-17-14-11-8-5-2/h22,25,30-32,34-35,37,62H,4-21,23-24,26-29,33,36,38-61H2,1-3H3/b25-22-,32-31-,35-34-,37-30-. The second kappa shape index (κ2) is 59.9. The van der Waals surface area contributed by atoms with Crippen LogP contribution in [0, 0.1) is 0 Å². The zero-order chi connectivity index (χ0) is 51.4. The number of hydrogen-bond acceptors (Lipinski definition) is 6. The smallest absolute Gasteiger partial charge is 0.306 e. The van der Waals surface area contributed by atoms with Gasteiger partial charge in [-0.1, -0.05) is 275 Å². The predicted octanol–water partition coefficient (Wildman–Crippen LogP) is 21.0. The van der Waals surface area contributed by atoms with E-state index in [0.717, 1.165) is 83.5 Å². The van der Waals surface area contributed by atoms with Crippen LogP contribution in [0.15, 0.2) is 48.6 Å². The summed E-state index contributed by atoms with van der Waals surface area (Å²) in [5.41, 5.74) is 0. The van der Waals surface area contributed by atoms with Crippen molar-refractivity contribution < 1.29 is 28.6 Å². The minimum absolute atomic E-state index is 0.0774. The first kappa shape index (κ1) is 68.4. The zero-order valence-electron chi connectivity index (χ0n) is 47.5. The van der Waals surface area contributed by atoms with Crippen LogP contribution in [0.1, 0.15) is 329 Å². The summed E-state index contributed by atoms with van der Waals surface area (Å²) in [5.74, 6) is -0.880. The predicted molar refractivity (Wildman–Crippen MR) is 307 cm³/mol. The number of rotatable bonds is 57. The summed E-state index contributed by atoms with van der Waals surface area (Å²) in [7, 11) is 0. The average molecular weight is 996 g/mol. The van der Waals surface area contributed by atoms with Gasteiger partial charge in [0.25, 0.3) is 0 Å². The molecule has 0 aliphatic heterocycles. The Morgan fingerprint density at radius 2 is 0.507 bits per heavy atom. The van der Waals surface area contributed by atoms with Gasteiger partial charge >= 0.3 is 17.9 Å². The van der Waals surface area contributed by atoms with Crippen LogP contribution in [-0.4, -0.2) is 37.2 Å². The maximum atomic E-state index is 12.9. The molecule has 0 saturated carbocycles. The maximum Gasteiger partial charge on any atom is 0.306 e. The number of carbonyl (C=O) groups excluding carboxylic acids is 3. The van der Waals surface area contributed by atoms with Crippen LogP contribution in [0.3, 0.4) is 0 Å². The van der Waals surface area contributed by atoms with E-state index in [2.05, 4.69) is 69.4 Å². The fourth-order valence-electron chi connectivity index (χ4n) is 9.09. The van der Waals surface area contributed by atoms with Gasteiger partial charge in [0.15, 0.2) is 6.10 Å². The van der Waals surface area contributed by atoms with E-state index in [1.54, 1.807) is 0 Å². The Bertz CT molecular complexity index is 1230.